The molecule has 13 nitrogen and oxygen atoms in total. The first-order chi connectivity index (χ1) is 29.1. The van der Waals surface area contributed by atoms with E-state index in [1.807, 2.05) is 24.7 Å². The molecule has 312 valence electrons. The Morgan fingerprint density at radius 1 is 0.800 bits per heavy atom. The van der Waals surface area contributed by atoms with E-state index < -0.39 is 29.7 Å². The maximum atomic E-state index is 13.2. The maximum absolute atomic E-state index is 13.2. The molecule has 3 fully saturated rings. The second-order valence-electron chi connectivity index (χ2n) is 17.0. The summed E-state index contributed by atoms with van der Waals surface area (Å²) in [7, 11) is 2.09. The van der Waals surface area contributed by atoms with Crippen LogP contribution in [0.15, 0.2) is 73.2 Å². The fourth-order valence-electron chi connectivity index (χ4n) is 9.52. The van der Waals surface area contributed by atoms with Crippen molar-refractivity contribution in [2.75, 3.05) is 13.2 Å². The number of nitrogens with zero attached hydrogens (tertiary/aromatic N) is 5. The Bertz CT molecular complexity index is 2430. The van der Waals surface area contributed by atoms with Crippen LogP contribution in [-0.2, 0) is 21.4 Å². The summed E-state index contributed by atoms with van der Waals surface area (Å²) in [5.41, 5.74) is 4.98. The largest absolute Gasteiger partial charge is 0.494 e. The molecule has 1 N–H and O–H groups in total. The number of rotatable bonds is 14. The van der Waals surface area contributed by atoms with Gasteiger partial charge in [-0.1, -0.05) is 12.1 Å². The first-order valence-corrected chi connectivity index (χ1v) is 21.5. The molecular weight excluding hydrogens is 761 g/mol. The van der Waals surface area contributed by atoms with Gasteiger partial charge in [0.1, 0.15) is 17.9 Å². The minimum absolute atomic E-state index is 0.0848. The molecule has 2 aliphatic heterocycles. The lowest BCUT2D eigenvalue weighted by atomic mass is 9.88. The number of carbonyl (C=O) groups is 4. The van der Waals surface area contributed by atoms with Gasteiger partial charge in [0.2, 0.25) is 17.7 Å². The second-order valence-corrected chi connectivity index (χ2v) is 17.0. The third-order valence-electron chi connectivity index (χ3n) is 12.9. The number of hydrogen-bond donors (Lipinski definition) is 1. The Morgan fingerprint density at radius 3 is 2.37 bits per heavy atom. The molecule has 2 saturated carbocycles. The predicted molar refractivity (Wildman–Crippen MR) is 226 cm³/mol. The molecule has 9 rings (SSSR count). The zero-order valence-corrected chi connectivity index (χ0v) is 34.5. The van der Waals surface area contributed by atoms with Crippen LogP contribution >= 0.6 is 0 Å². The molecule has 1 saturated heterocycles. The number of nitrogens with one attached hydrogen (secondary N) is 1. The van der Waals surface area contributed by atoms with E-state index in [0.29, 0.717) is 30.3 Å². The highest BCUT2D eigenvalue weighted by atomic mass is 16.5. The van der Waals surface area contributed by atoms with E-state index in [9.17, 15) is 19.2 Å². The summed E-state index contributed by atoms with van der Waals surface area (Å²) in [5, 5.41) is 4.58. The minimum atomic E-state index is -0.987. The molecule has 0 radical (unpaired) electrons. The smallest absolute Gasteiger partial charge is 0.262 e. The van der Waals surface area contributed by atoms with Crippen molar-refractivity contribution < 1.29 is 33.4 Å². The SMILES string of the molecule is CC(C)N(CCCCOc1ccc2c(c1)C(=O)N(C1CCC(=O)NC1=O)C2=O)C1CCC(O[C@H]2C[C@H](Oc3ccc(-c4ccc5c6cnccc6n(C)c5c4)cn3)C2)CC1. The van der Waals surface area contributed by atoms with Gasteiger partial charge in [-0.05, 0) is 107 Å². The van der Waals surface area contributed by atoms with Gasteiger partial charge < -0.3 is 18.8 Å². The molecule has 0 spiro atoms. The number of pyridine rings is 2. The average Bonchev–Trinajstić information content (AvgIpc) is 3.66. The molecule has 5 aromatic rings. The van der Waals surface area contributed by atoms with E-state index in [-0.39, 0.29) is 42.3 Å². The number of benzene rings is 2. The first kappa shape index (κ1) is 39.8. The van der Waals surface area contributed by atoms with E-state index in [4.69, 9.17) is 14.2 Å². The van der Waals surface area contributed by atoms with Gasteiger partial charge in [-0.3, -0.25) is 39.3 Å². The van der Waals surface area contributed by atoms with E-state index in [2.05, 4.69) is 76.0 Å². The number of fused-ring (bicyclic) bond motifs is 4. The molecule has 60 heavy (non-hydrogen) atoms. The van der Waals surface area contributed by atoms with Gasteiger partial charge >= 0.3 is 0 Å². The van der Waals surface area contributed by atoms with Crippen LogP contribution in [0.3, 0.4) is 0 Å². The van der Waals surface area contributed by atoms with Crippen LogP contribution in [0.2, 0.25) is 0 Å². The molecule has 4 aliphatic rings. The molecule has 1 unspecified atom stereocenters. The number of aryl methyl sites for hydroxylation is 1. The van der Waals surface area contributed by atoms with Crippen LogP contribution in [0.5, 0.6) is 11.6 Å². The lowest BCUT2D eigenvalue weighted by Crippen LogP contribution is -2.54. The minimum Gasteiger partial charge on any atom is -0.494 e. The fraction of sp³-hybridized carbons (Fsp3) is 0.447. The third-order valence-corrected chi connectivity index (χ3v) is 12.9. The highest BCUT2D eigenvalue weighted by Crippen LogP contribution is 2.36. The quantitative estimate of drug-likeness (QED) is 0.0920. The van der Waals surface area contributed by atoms with Crippen LogP contribution in [0.4, 0.5) is 0 Å². The van der Waals surface area contributed by atoms with Gasteiger partial charge in [-0.2, -0.15) is 0 Å². The Labute approximate surface area is 349 Å². The number of piperidine rings is 1. The Kier molecular flexibility index (Phi) is 11.1. The summed E-state index contributed by atoms with van der Waals surface area (Å²) in [6, 6.07) is 17.5. The molecule has 0 bridgehead atoms. The Hall–Kier alpha value is -5.66. The second kappa shape index (κ2) is 16.8. The highest BCUT2D eigenvalue weighted by Gasteiger charge is 2.45. The number of ether oxygens (including phenoxy) is 3. The van der Waals surface area contributed by atoms with Gasteiger partial charge in [-0.25, -0.2) is 4.98 Å². The normalized spacial score (nSPS) is 23.1. The summed E-state index contributed by atoms with van der Waals surface area (Å²) in [5.74, 6) is -0.907. The molecule has 4 amide bonds. The highest BCUT2D eigenvalue weighted by molar-refractivity contribution is 6.23. The Morgan fingerprint density at radius 2 is 1.60 bits per heavy atom. The van der Waals surface area contributed by atoms with Gasteiger partial charge in [0.25, 0.3) is 11.8 Å². The van der Waals surface area contributed by atoms with Crippen LogP contribution < -0.4 is 14.8 Å². The van der Waals surface area contributed by atoms with E-state index in [1.54, 1.807) is 18.2 Å². The van der Waals surface area contributed by atoms with E-state index >= 15 is 0 Å². The third kappa shape index (κ3) is 7.88. The monoisotopic (exact) mass is 812 g/mol. The van der Waals surface area contributed by atoms with Crippen molar-refractivity contribution in [2.24, 2.45) is 7.05 Å². The van der Waals surface area contributed by atoms with E-state index in [1.165, 1.54) is 16.4 Å². The number of unbranched alkanes of at least 4 members (excludes halogenated alkanes) is 1. The Balaban J connectivity index is 0.682. The van der Waals surface area contributed by atoms with Crippen LogP contribution in [0.25, 0.3) is 32.9 Å². The van der Waals surface area contributed by atoms with Crippen molar-refractivity contribution in [1.29, 1.82) is 0 Å². The van der Waals surface area contributed by atoms with Crippen LogP contribution in [0, 0.1) is 0 Å². The van der Waals surface area contributed by atoms with Gasteiger partial charge in [-0.15, -0.1) is 0 Å². The fourth-order valence-corrected chi connectivity index (χ4v) is 9.52. The summed E-state index contributed by atoms with van der Waals surface area (Å²) >= 11 is 0. The van der Waals surface area contributed by atoms with Crippen molar-refractivity contribution in [2.45, 2.75) is 114 Å². The zero-order chi connectivity index (χ0) is 41.5. The lowest BCUT2D eigenvalue weighted by molar-refractivity contribution is -0.136. The number of amides is 4. The number of aromatic nitrogens is 3. The predicted octanol–water partition coefficient (Wildman–Crippen LogP) is 7.00. The standard InChI is InChI=1S/C47H52N6O7/c1-28(2)52(20-4-5-21-58-33-12-14-37-38(25-33)47(57)53(46(37)56)41-15-16-43(54)50-45(41)55)31-8-10-32(11-9-31)59-34-23-35(24-34)60-44-17-7-30(26-49-44)29-6-13-36-39-27-48-19-18-40(39)51(3)42(36)22-29/h6-7,12-14,17-19,22,25-28,31-32,34-35,41H,4-5,8-11,15-16,20-21,23-24H2,1-3H3,(H,50,54,55)/t31?,32?,34-,35-,41?. The zero-order valence-electron chi connectivity index (χ0n) is 34.5. The van der Waals surface area contributed by atoms with Gasteiger partial charge in [0.15, 0.2) is 0 Å². The summed E-state index contributed by atoms with van der Waals surface area (Å²) < 4.78 is 21.0. The van der Waals surface area contributed by atoms with Crippen molar-refractivity contribution in [3.8, 4) is 22.8 Å². The van der Waals surface area contributed by atoms with Crippen molar-refractivity contribution in [1.82, 2.24) is 29.7 Å². The molecular formula is C47H52N6O7. The molecule has 2 aliphatic carbocycles. The van der Waals surface area contributed by atoms with Crippen molar-refractivity contribution in [3.63, 3.8) is 0 Å². The number of carbonyl (C=O) groups excluding carboxylic acids is 4. The number of hydrogen-bond acceptors (Lipinski definition) is 10. The molecule has 1 atom stereocenters. The van der Waals surface area contributed by atoms with Crippen molar-refractivity contribution >= 4 is 45.4 Å². The molecule has 3 aromatic heterocycles. The topological polar surface area (TPSA) is 145 Å². The van der Waals surface area contributed by atoms with Crippen LogP contribution in [0.1, 0.15) is 98.8 Å². The summed E-state index contributed by atoms with van der Waals surface area (Å²) in [6.45, 7) is 5.99. The van der Waals surface area contributed by atoms with Gasteiger partial charge in [0, 0.05) is 84.9 Å². The van der Waals surface area contributed by atoms with E-state index in [0.717, 1.165) is 79.3 Å². The molecule has 5 heterocycles. The maximum Gasteiger partial charge on any atom is 0.262 e. The van der Waals surface area contributed by atoms with Crippen molar-refractivity contribution in [3.05, 3.63) is 84.3 Å². The number of imide groups is 2. The summed E-state index contributed by atoms with van der Waals surface area (Å²) in [4.78, 5) is 62.7. The average molecular weight is 813 g/mol. The molecule has 13 heteroatoms. The van der Waals surface area contributed by atoms with Crippen LogP contribution in [-0.4, -0.2) is 97.6 Å². The lowest BCUT2D eigenvalue weighted by Gasteiger charge is -2.42. The molecule has 2 aromatic carbocycles. The first-order valence-electron chi connectivity index (χ1n) is 21.5. The summed E-state index contributed by atoms with van der Waals surface area (Å²) in [6.07, 6.45) is 14.4. The van der Waals surface area contributed by atoms with Gasteiger partial charge in [0.05, 0.1) is 35.5 Å².